The fourth-order valence-corrected chi connectivity index (χ4v) is 17.7. The molecular weight excluding hydrogens is 485 g/mol. The zero-order chi connectivity index (χ0) is 23.8. The van der Waals surface area contributed by atoms with E-state index in [0.29, 0.717) is 0 Å². The Kier molecular flexibility index (Phi) is 5.46. The molecule has 1 aliphatic rings. The van der Waals surface area contributed by atoms with E-state index in [0.717, 1.165) is 0 Å². The number of hydrogen-bond donors (Lipinski definition) is 0. The molecule has 0 radical (unpaired) electrons. The van der Waals surface area contributed by atoms with E-state index in [1.165, 1.54) is 21.5 Å². The summed E-state index contributed by atoms with van der Waals surface area (Å²) >= 11 is 4.23. The Morgan fingerprint density at radius 3 is 1.18 bits per heavy atom. The van der Waals surface area contributed by atoms with Crippen molar-refractivity contribution in [3.05, 3.63) is 71.8 Å². The van der Waals surface area contributed by atoms with E-state index in [1.807, 2.05) is 0 Å². The van der Waals surface area contributed by atoms with Crippen molar-refractivity contribution in [2.45, 2.75) is 53.1 Å². The third kappa shape index (κ3) is 3.64. The smallest absolute Gasteiger partial charge is 0.144 e. The van der Waals surface area contributed by atoms with Gasteiger partial charge in [-0.05, 0) is 43.6 Å². The average Bonchev–Trinajstić information content (AvgIpc) is 3.40. The lowest BCUT2D eigenvalue weighted by Gasteiger charge is -2.30. The first-order valence-electron chi connectivity index (χ1n) is 11.9. The number of rotatable bonds is 4. The molecule has 5 rings (SSSR count). The molecule has 0 aliphatic carbocycles. The van der Waals surface area contributed by atoms with Crippen LogP contribution in [0, 0.1) is 13.8 Å². The monoisotopic (exact) mass is 518 g/mol. The van der Waals surface area contributed by atoms with Crippen molar-refractivity contribution in [2.75, 3.05) is 0 Å². The molecule has 0 fully saturated rings. The second-order valence-corrected chi connectivity index (χ2v) is 28.3. The summed E-state index contributed by atoms with van der Waals surface area (Å²) in [6.07, 6.45) is 0. The van der Waals surface area contributed by atoms with Gasteiger partial charge in [-0.3, -0.25) is 0 Å². The largest absolute Gasteiger partial charge is 0.182 e. The molecule has 0 N–H and O–H groups in total. The highest BCUT2D eigenvalue weighted by molar-refractivity contribution is 7.40. The molecule has 2 aromatic heterocycles. The van der Waals surface area contributed by atoms with Gasteiger partial charge in [-0.2, -0.15) is 0 Å². The van der Waals surface area contributed by atoms with Crippen LogP contribution in [0.25, 0.3) is 9.75 Å². The summed E-state index contributed by atoms with van der Waals surface area (Å²) < 4.78 is 3.30. The molecule has 5 heteroatoms. The summed E-state index contributed by atoms with van der Waals surface area (Å²) in [5.41, 5.74) is 2.68. The molecule has 0 nitrogen and oxygen atoms in total. The van der Waals surface area contributed by atoms with Crippen LogP contribution in [0.3, 0.4) is 0 Å². The topological polar surface area (TPSA) is 0 Å². The Hall–Kier alpha value is -1.51. The summed E-state index contributed by atoms with van der Waals surface area (Å²) in [5.74, 6) is 0. The lowest BCUT2D eigenvalue weighted by molar-refractivity contribution is 1.48. The summed E-state index contributed by atoms with van der Waals surface area (Å²) in [6, 6.07) is 24.4. The van der Waals surface area contributed by atoms with E-state index in [4.69, 9.17) is 0 Å². The van der Waals surface area contributed by atoms with Crippen molar-refractivity contribution in [1.82, 2.24) is 0 Å². The van der Waals surface area contributed by atoms with Crippen molar-refractivity contribution in [1.29, 1.82) is 0 Å². The number of thiophene rings is 2. The van der Waals surface area contributed by atoms with E-state index in [2.05, 4.69) is 136 Å². The predicted molar refractivity (Wildman–Crippen MR) is 160 cm³/mol. The van der Waals surface area contributed by atoms with Gasteiger partial charge in [-0.1, -0.05) is 111 Å². The molecule has 0 saturated heterocycles. The third-order valence-electron chi connectivity index (χ3n) is 6.93. The first-order valence-corrected chi connectivity index (χ1v) is 22.5. The minimum Gasteiger partial charge on any atom is -0.144 e. The molecule has 0 amide bonds. The molecule has 2 aromatic carbocycles. The summed E-state index contributed by atoms with van der Waals surface area (Å²) in [5, 5.41) is 6.38. The Morgan fingerprint density at radius 1 is 0.545 bits per heavy atom. The van der Waals surface area contributed by atoms with Crippen molar-refractivity contribution >= 4 is 76.6 Å². The van der Waals surface area contributed by atoms with E-state index in [-0.39, 0.29) is 0 Å². The van der Waals surface area contributed by atoms with Gasteiger partial charge in [-0.25, -0.2) is 0 Å². The number of fused-ring (bicyclic) bond motifs is 3. The molecule has 170 valence electrons. The minimum atomic E-state index is -2.32. The van der Waals surface area contributed by atoms with E-state index >= 15 is 0 Å². The van der Waals surface area contributed by atoms with E-state index < -0.39 is 24.2 Å². The van der Waals surface area contributed by atoms with Gasteiger partial charge in [0.15, 0.2) is 8.07 Å². The third-order valence-corrected chi connectivity index (χ3v) is 21.7. The van der Waals surface area contributed by atoms with Gasteiger partial charge < -0.3 is 0 Å². The molecule has 0 saturated carbocycles. The number of hydrogen-bond acceptors (Lipinski definition) is 2. The maximum absolute atomic E-state index is 2.65. The van der Waals surface area contributed by atoms with Gasteiger partial charge >= 0.3 is 0 Å². The Bertz CT molecular complexity index is 1220. The molecule has 33 heavy (non-hydrogen) atoms. The Balaban J connectivity index is 1.93. The molecule has 1 aliphatic heterocycles. The Labute approximate surface area is 210 Å². The fraction of sp³-hybridized carbons (Fsp3) is 0.286. The normalized spacial score (nSPS) is 14.9. The van der Waals surface area contributed by atoms with E-state index in [9.17, 15) is 0 Å². The zero-order valence-corrected chi connectivity index (χ0v) is 25.7. The van der Waals surface area contributed by atoms with Crippen LogP contribution < -0.4 is 29.7 Å². The second-order valence-electron chi connectivity index (χ2n) is 11.7. The number of benzene rings is 2. The van der Waals surface area contributed by atoms with Crippen LogP contribution in [0.5, 0.6) is 0 Å². The lowest BCUT2D eigenvalue weighted by Crippen LogP contribution is -2.73. The fourth-order valence-electron chi connectivity index (χ4n) is 4.96. The maximum atomic E-state index is 2.65. The molecule has 4 aromatic rings. The SMILES string of the molecule is Cc1ccc([Si]2(c3ccc(C)cc3)c3cc([Si](C)(C)C)sc3-c3sc([Si](C)(C)C)cc32)cc1. The highest BCUT2D eigenvalue weighted by Crippen LogP contribution is 2.36. The summed E-state index contributed by atoms with van der Waals surface area (Å²) in [4.78, 5) is 3.18. The Morgan fingerprint density at radius 2 is 0.879 bits per heavy atom. The first kappa shape index (κ1) is 23.2. The van der Waals surface area contributed by atoms with Crippen molar-refractivity contribution in [3.8, 4) is 9.75 Å². The van der Waals surface area contributed by atoms with Crippen LogP contribution in [0.1, 0.15) is 11.1 Å². The van der Waals surface area contributed by atoms with Gasteiger partial charge in [0.2, 0.25) is 0 Å². The molecule has 0 bridgehead atoms. The molecule has 0 spiro atoms. The summed E-state index contributed by atoms with van der Waals surface area (Å²) in [7, 11) is -5.13. The van der Waals surface area contributed by atoms with Gasteiger partial charge in [0.05, 0.1) is 16.1 Å². The highest BCUT2D eigenvalue weighted by Gasteiger charge is 2.52. The van der Waals surface area contributed by atoms with Gasteiger partial charge in [0.25, 0.3) is 0 Å². The summed E-state index contributed by atoms with van der Waals surface area (Å²) in [6.45, 7) is 19.4. The highest BCUT2D eigenvalue weighted by atomic mass is 32.1. The van der Waals surface area contributed by atoms with Crippen LogP contribution in [-0.4, -0.2) is 24.2 Å². The van der Waals surface area contributed by atoms with Crippen molar-refractivity contribution in [3.63, 3.8) is 0 Å². The van der Waals surface area contributed by atoms with Crippen molar-refractivity contribution in [2.24, 2.45) is 0 Å². The minimum absolute atomic E-state index is 1.34. The molecule has 0 unspecified atom stereocenters. The van der Waals surface area contributed by atoms with Gasteiger partial charge in [0, 0.05) is 9.75 Å². The van der Waals surface area contributed by atoms with Crippen LogP contribution in [-0.2, 0) is 0 Å². The van der Waals surface area contributed by atoms with E-state index in [1.54, 1.807) is 29.1 Å². The van der Waals surface area contributed by atoms with Gasteiger partial charge in [-0.15, -0.1) is 22.7 Å². The van der Waals surface area contributed by atoms with Crippen LogP contribution in [0.4, 0.5) is 0 Å². The standard InChI is InChI=1S/C28H34S2Si3/c1-19-9-13-21(14-10-19)33(22-15-11-20(2)12-16-22)23-17-25(31(3,4)5)29-27(23)28-24(33)18-26(30-28)32(6,7)8/h9-18H,1-8H3. The second kappa shape index (κ2) is 7.75. The number of aryl methyl sites for hydroxylation is 2. The molecular formula is C28H34S2Si3. The first-order chi connectivity index (χ1) is 15.4. The van der Waals surface area contributed by atoms with Gasteiger partial charge in [0.1, 0.15) is 0 Å². The van der Waals surface area contributed by atoms with Crippen LogP contribution >= 0.6 is 22.7 Å². The predicted octanol–water partition coefficient (Wildman–Crippen LogP) is 4.87. The van der Waals surface area contributed by atoms with Crippen molar-refractivity contribution < 1.29 is 0 Å². The lowest BCUT2D eigenvalue weighted by atomic mass is 10.2. The average molecular weight is 519 g/mol. The molecule has 3 heterocycles. The zero-order valence-electron chi connectivity index (χ0n) is 21.1. The quantitative estimate of drug-likeness (QED) is 0.298. The maximum Gasteiger partial charge on any atom is 0.182 e. The van der Waals surface area contributed by atoms with Crippen LogP contribution in [0.15, 0.2) is 60.7 Å². The molecule has 0 atom stereocenters. The van der Waals surface area contributed by atoms with Crippen LogP contribution in [0.2, 0.25) is 39.3 Å².